The molecule has 0 saturated carbocycles. The van der Waals surface area contributed by atoms with Crippen molar-refractivity contribution in [2.45, 2.75) is 13.8 Å². The summed E-state index contributed by atoms with van der Waals surface area (Å²) in [5.74, 6) is -0.103. The van der Waals surface area contributed by atoms with E-state index < -0.39 is 0 Å². The molecule has 0 radical (unpaired) electrons. The van der Waals surface area contributed by atoms with Crippen molar-refractivity contribution in [3.8, 4) is 17.3 Å². The highest BCUT2D eigenvalue weighted by atomic mass is 32.1. The minimum Gasteiger partial charge on any atom is -0.337 e. The molecular weight excluding hydrogens is 366 g/mol. The van der Waals surface area contributed by atoms with Gasteiger partial charge in [-0.3, -0.25) is 4.79 Å². The van der Waals surface area contributed by atoms with Crippen molar-refractivity contribution in [1.82, 2.24) is 9.97 Å². The van der Waals surface area contributed by atoms with Crippen LogP contribution in [0.15, 0.2) is 41.2 Å². The lowest BCUT2D eigenvalue weighted by molar-refractivity contribution is -0.114. The predicted molar refractivity (Wildman–Crippen MR) is 106 cm³/mol. The molecule has 1 aromatic carbocycles. The van der Waals surface area contributed by atoms with E-state index in [1.807, 2.05) is 41.9 Å². The lowest BCUT2D eigenvalue weighted by atomic mass is 10.1. The van der Waals surface area contributed by atoms with Crippen molar-refractivity contribution in [3.05, 3.63) is 51.9 Å². The third-order valence-electron chi connectivity index (χ3n) is 3.32. The van der Waals surface area contributed by atoms with E-state index in [1.54, 1.807) is 6.20 Å². The number of aryl methyl sites for hydroxylation is 1. The summed E-state index contributed by atoms with van der Waals surface area (Å²) >= 11 is 2.89. The Morgan fingerprint density at radius 1 is 1.19 bits per heavy atom. The maximum Gasteiger partial charge on any atom is 0.221 e. The Bertz CT molecular complexity index is 995. The summed E-state index contributed by atoms with van der Waals surface area (Å²) in [6, 6.07) is 9.62. The number of amides is 1. The van der Waals surface area contributed by atoms with Crippen LogP contribution < -0.4 is 10.6 Å². The van der Waals surface area contributed by atoms with E-state index in [-0.39, 0.29) is 5.91 Å². The molecular formula is C18H15N5OS2. The number of nitrogens with zero attached hydrogens (tertiary/aromatic N) is 3. The number of rotatable bonds is 5. The van der Waals surface area contributed by atoms with Crippen molar-refractivity contribution in [1.29, 1.82) is 5.26 Å². The monoisotopic (exact) mass is 381 g/mol. The standard InChI is InChI=1S/C18H15N5OS2/c1-11-9-25-17(21-11)14(7-19)8-20-18-23-16(10-26-18)13-3-5-15(6-4-13)22-12(2)24/h3-6,8-10H,1-2H3,(H,20,23)(H,22,24)/b14-8+. The maximum absolute atomic E-state index is 11.1. The van der Waals surface area contributed by atoms with Gasteiger partial charge in [0.25, 0.3) is 0 Å². The van der Waals surface area contributed by atoms with Gasteiger partial charge in [-0.25, -0.2) is 9.97 Å². The van der Waals surface area contributed by atoms with Crippen molar-refractivity contribution in [3.63, 3.8) is 0 Å². The van der Waals surface area contributed by atoms with Crippen LogP contribution in [0.25, 0.3) is 16.8 Å². The summed E-state index contributed by atoms with van der Waals surface area (Å²) in [5, 5.41) is 20.3. The number of nitrogens with one attached hydrogen (secondary N) is 2. The van der Waals surface area contributed by atoms with Crippen molar-refractivity contribution >= 4 is 45.0 Å². The van der Waals surface area contributed by atoms with Crippen molar-refractivity contribution < 1.29 is 4.79 Å². The van der Waals surface area contributed by atoms with Gasteiger partial charge in [0.05, 0.1) is 5.69 Å². The normalized spacial score (nSPS) is 11.0. The Hall–Kier alpha value is -3.02. The minimum atomic E-state index is -0.103. The highest BCUT2D eigenvalue weighted by Crippen LogP contribution is 2.27. The molecule has 0 saturated heterocycles. The highest BCUT2D eigenvalue weighted by Gasteiger charge is 2.07. The van der Waals surface area contributed by atoms with E-state index in [0.29, 0.717) is 15.7 Å². The number of carbonyl (C=O) groups excluding carboxylic acids is 1. The number of thiazole rings is 2. The molecule has 0 fully saturated rings. The van der Waals surface area contributed by atoms with E-state index in [4.69, 9.17) is 0 Å². The summed E-state index contributed by atoms with van der Waals surface area (Å²) < 4.78 is 0. The molecule has 2 N–H and O–H groups in total. The molecule has 0 spiro atoms. The van der Waals surface area contributed by atoms with Crippen LogP contribution in [0.1, 0.15) is 17.6 Å². The number of anilines is 2. The third kappa shape index (κ3) is 4.33. The largest absolute Gasteiger partial charge is 0.337 e. The second kappa shape index (κ2) is 7.91. The first-order valence-corrected chi connectivity index (χ1v) is 9.44. The third-order valence-corrected chi connectivity index (χ3v) is 5.08. The topological polar surface area (TPSA) is 90.7 Å². The summed E-state index contributed by atoms with van der Waals surface area (Å²) in [6.45, 7) is 3.37. The quantitative estimate of drug-likeness (QED) is 0.635. The van der Waals surface area contributed by atoms with Gasteiger partial charge in [0, 0.05) is 40.8 Å². The summed E-state index contributed by atoms with van der Waals surface area (Å²) in [5.41, 5.74) is 3.88. The number of carbonyl (C=O) groups is 1. The van der Waals surface area contributed by atoms with Crippen LogP contribution in [-0.4, -0.2) is 15.9 Å². The van der Waals surface area contributed by atoms with Gasteiger partial charge in [-0.2, -0.15) is 5.26 Å². The molecule has 3 rings (SSSR count). The fourth-order valence-electron chi connectivity index (χ4n) is 2.15. The van der Waals surface area contributed by atoms with Gasteiger partial charge < -0.3 is 10.6 Å². The van der Waals surface area contributed by atoms with Gasteiger partial charge in [0.2, 0.25) is 5.91 Å². The first-order valence-electron chi connectivity index (χ1n) is 7.68. The molecule has 6 nitrogen and oxygen atoms in total. The fraction of sp³-hybridized carbons (Fsp3) is 0.111. The molecule has 0 aliphatic rings. The molecule has 3 aromatic rings. The van der Waals surface area contributed by atoms with Gasteiger partial charge in [-0.1, -0.05) is 12.1 Å². The first kappa shape index (κ1) is 17.8. The second-order valence-electron chi connectivity index (χ2n) is 5.40. The van der Waals surface area contributed by atoms with Gasteiger partial charge in [-0.05, 0) is 19.1 Å². The minimum absolute atomic E-state index is 0.103. The number of allylic oxidation sites excluding steroid dienone is 1. The number of nitriles is 1. The van der Waals surface area contributed by atoms with Crippen LogP contribution in [0.2, 0.25) is 0 Å². The highest BCUT2D eigenvalue weighted by molar-refractivity contribution is 7.14. The zero-order chi connectivity index (χ0) is 18.5. The Balaban J connectivity index is 1.72. The summed E-state index contributed by atoms with van der Waals surface area (Å²) in [6.07, 6.45) is 1.63. The molecule has 0 aliphatic carbocycles. The molecule has 8 heteroatoms. The zero-order valence-electron chi connectivity index (χ0n) is 14.1. The average molecular weight is 381 g/mol. The van der Waals surface area contributed by atoms with Crippen LogP contribution >= 0.6 is 22.7 Å². The molecule has 0 bridgehead atoms. The van der Waals surface area contributed by atoms with Crippen LogP contribution in [0.3, 0.4) is 0 Å². The average Bonchev–Trinajstić information content (AvgIpc) is 3.25. The Labute approximate surface area is 158 Å². The van der Waals surface area contributed by atoms with Gasteiger partial charge in [0.1, 0.15) is 16.6 Å². The number of hydrogen-bond donors (Lipinski definition) is 2. The van der Waals surface area contributed by atoms with E-state index in [2.05, 4.69) is 26.7 Å². The van der Waals surface area contributed by atoms with Gasteiger partial charge in [-0.15, -0.1) is 22.7 Å². The number of hydrogen-bond acceptors (Lipinski definition) is 7. The lowest BCUT2D eigenvalue weighted by Crippen LogP contribution is -2.05. The van der Waals surface area contributed by atoms with E-state index in [0.717, 1.165) is 22.6 Å². The van der Waals surface area contributed by atoms with Gasteiger partial charge in [0.15, 0.2) is 5.13 Å². The van der Waals surface area contributed by atoms with Crippen LogP contribution in [0.4, 0.5) is 10.8 Å². The molecule has 0 unspecified atom stereocenters. The predicted octanol–water partition coefficient (Wildman–Crippen LogP) is 4.51. The molecule has 26 heavy (non-hydrogen) atoms. The molecule has 0 atom stereocenters. The molecule has 1 amide bonds. The molecule has 2 heterocycles. The van der Waals surface area contributed by atoms with Gasteiger partial charge >= 0.3 is 0 Å². The smallest absolute Gasteiger partial charge is 0.221 e. The summed E-state index contributed by atoms with van der Waals surface area (Å²) in [7, 11) is 0. The SMILES string of the molecule is CC(=O)Nc1ccc(-c2csc(N/C=C(\C#N)c3nc(C)cs3)n2)cc1. The number of benzene rings is 1. The second-order valence-corrected chi connectivity index (χ2v) is 7.12. The molecule has 130 valence electrons. The fourth-order valence-corrected chi connectivity index (χ4v) is 3.61. The Morgan fingerprint density at radius 3 is 2.58 bits per heavy atom. The zero-order valence-corrected chi connectivity index (χ0v) is 15.7. The summed E-state index contributed by atoms with van der Waals surface area (Å²) in [4.78, 5) is 19.9. The van der Waals surface area contributed by atoms with Crippen molar-refractivity contribution in [2.75, 3.05) is 10.6 Å². The van der Waals surface area contributed by atoms with E-state index in [1.165, 1.54) is 29.6 Å². The first-order chi connectivity index (χ1) is 12.5. The van der Waals surface area contributed by atoms with E-state index >= 15 is 0 Å². The van der Waals surface area contributed by atoms with Crippen molar-refractivity contribution in [2.24, 2.45) is 0 Å². The molecule has 2 aromatic heterocycles. The Morgan fingerprint density at radius 2 is 1.96 bits per heavy atom. The molecule has 0 aliphatic heterocycles. The van der Waals surface area contributed by atoms with E-state index in [9.17, 15) is 10.1 Å². The lowest BCUT2D eigenvalue weighted by Gasteiger charge is -2.02. The Kier molecular flexibility index (Phi) is 5.41. The maximum atomic E-state index is 11.1. The van der Waals surface area contributed by atoms with Crippen LogP contribution in [0.5, 0.6) is 0 Å². The number of aromatic nitrogens is 2. The van der Waals surface area contributed by atoms with Crippen LogP contribution in [0, 0.1) is 18.3 Å². The van der Waals surface area contributed by atoms with Crippen LogP contribution in [-0.2, 0) is 4.79 Å².